The highest BCUT2D eigenvalue weighted by Gasteiger charge is 2.39. The van der Waals surface area contributed by atoms with Gasteiger partial charge in [-0.05, 0) is 67.1 Å². The maximum atomic E-state index is 13.1. The largest absolute Gasteiger partial charge is 0.465 e. The van der Waals surface area contributed by atoms with Gasteiger partial charge in [-0.3, -0.25) is 14.4 Å². The molecule has 1 aliphatic heterocycles. The standard InChI is InChI=1S/C29H24ClN3O7/c1-3-14-40-29(38)19-7-5-9-21(16-19)32-25(34)18-6-4-8-20(15-18)31-24-23(30)26(35)33(27(24)36)22-12-10-17(11-13-22)28(37)39-2/h4-13,15-16,31H,3,14H2,1-2H3,(H,32,34). The molecule has 0 fully saturated rings. The fourth-order valence-electron chi connectivity index (χ4n) is 3.80. The van der Waals surface area contributed by atoms with Gasteiger partial charge in [-0.25, -0.2) is 14.5 Å². The van der Waals surface area contributed by atoms with Crippen LogP contribution in [0.2, 0.25) is 0 Å². The number of benzene rings is 3. The molecular weight excluding hydrogens is 538 g/mol. The molecule has 0 atom stereocenters. The molecule has 204 valence electrons. The number of hydrogen-bond donors (Lipinski definition) is 2. The number of halogens is 1. The lowest BCUT2D eigenvalue weighted by molar-refractivity contribution is -0.120. The van der Waals surface area contributed by atoms with E-state index in [1.165, 1.54) is 43.5 Å². The minimum atomic E-state index is -0.744. The minimum absolute atomic E-state index is 0.167. The summed E-state index contributed by atoms with van der Waals surface area (Å²) in [5.41, 5.74) is 1.57. The first-order chi connectivity index (χ1) is 19.2. The molecule has 1 aliphatic rings. The van der Waals surface area contributed by atoms with Gasteiger partial charge in [0.05, 0.1) is 30.5 Å². The second kappa shape index (κ2) is 12.3. The number of rotatable bonds is 9. The van der Waals surface area contributed by atoms with Crippen LogP contribution in [0, 0.1) is 0 Å². The van der Waals surface area contributed by atoms with Crippen molar-refractivity contribution in [2.45, 2.75) is 13.3 Å². The van der Waals surface area contributed by atoms with E-state index in [0.717, 1.165) is 4.90 Å². The number of carbonyl (C=O) groups excluding carboxylic acids is 5. The Balaban J connectivity index is 1.48. The Labute approximate surface area is 234 Å². The number of hydrogen-bond acceptors (Lipinski definition) is 8. The lowest BCUT2D eigenvalue weighted by Crippen LogP contribution is -2.32. The number of nitrogens with zero attached hydrogens (tertiary/aromatic N) is 1. The van der Waals surface area contributed by atoms with Gasteiger partial charge in [-0.2, -0.15) is 0 Å². The maximum absolute atomic E-state index is 13.1. The van der Waals surface area contributed by atoms with Gasteiger partial charge in [0.15, 0.2) is 0 Å². The smallest absolute Gasteiger partial charge is 0.338 e. The van der Waals surface area contributed by atoms with E-state index in [0.29, 0.717) is 30.0 Å². The van der Waals surface area contributed by atoms with E-state index in [2.05, 4.69) is 15.4 Å². The summed E-state index contributed by atoms with van der Waals surface area (Å²) in [4.78, 5) is 63.5. The third-order valence-electron chi connectivity index (χ3n) is 5.76. The van der Waals surface area contributed by atoms with Crippen LogP contribution in [-0.4, -0.2) is 43.4 Å². The summed E-state index contributed by atoms with van der Waals surface area (Å²) >= 11 is 6.22. The molecule has 40 heavy (non-hydrogen) atoms. The summed E-state index contributed by atoms with van der Waals surface area (Å²) in [5, 5.41) is 5.23. The van der Waals surface area contributed by atoms with Crippen LogP contribution in [0.15, 0.2) is 83.5 Å². The van der Waals surface area contributed by atoms with Crippen LogP contribution >= 0.6 is 11.6 Å². The van der Waals surface area contributed by atoms with Crippen molar-refractivity contribution in [1.29, 1.82) is 0 Å². The van der Waals surface area contributed by atoms with E-state index in [1.54, 1.807) is 36.4 Å². The van der Waals surface area contributed by atoms with Gasteiger partial charge >= 0.3 is 11.9 Å². The number of carbonyl (C=O) groups is 5. The normalized spacial score (nSPS) is 12.8. The highest BCUT2D eigenvalue weighted by molar-refractivity contribution is 6.53. The summed E-state index contributed by atoms with van der Waals surface area (Å²) in [6, 6.07) is 18.3. The van der Waals surface area contributed by atoms with Gasteiger partial charge in [-0.1, -0.05) is 30.7 Å². The molecule has 3 aromatic rings. The van der Waals surface area contributed by atoms with E-state index in [4.69, 9.17) is 16.3 Å². The molecule has 0 spiro atoms. The Hall–Kier alpha value is -4.96. The van der Waals surface area contributed by atoms with Crippen LogP contribution in [0.1, 0.15) is 44.4 Å². The van der Waals surface area contributed by atoms with Gasteiger partial charge in [0.25, 0.3) is 17.7 Å². The Kier molecular flexibility index (Phi) is 8.60. The van der Waals surface area contributed by atoms with Crippen molar-refractivity contribution in [2.75, 3.05) is 29.3 Å². The third-order valence-corrected chi connectivity index (χ3v) is 6.11. The topological polar surface area (TPSA) is 131 Å². The van der Waals surface area contributed by atoms with E-state index >= 15 is 0 Å². The first-order valence-electron chi connectivity index (χ1n) is 12.2. The number of nitrogens with one attached hydrogen (secondary N) is 2. The number of imide groups is 1. The third kappa shape index (κ3) is 6.02. The van der Waals surface area contributed by atoms with Crippen molar-refractivity contribution >= 4 is 58.3 Å². The van der Waals surface area contributed by atoms with Crippen LogP contribution in [0.3, 0.4) is 0 Å². The molecule has 3 aromatic carbocycles. The fourth-order valence-corrected chi connectivity index (χ4v) is 4.01. The van der Waals surface area contributed by atoms with Crippen LogP contribution in [0.4, 0.5) is 17.1 Å². The fraction of sp³-hybridized carbons (Fsp3) is 0.138. The van der Waals surface area contributed by atoms with Crippen LogP contribution in [-0.2, 0) is 19.1 Å². The van der Waals surface area contributed by atoms with Crippen LogP contribution < -0.4 is 15.5 Å². The monoisotopic (exact) mass is 561 g/mol. The molecular formula is C29H24ClN3O7. The summed E-state index contributed by atoms with van der Waals surface area (Å²) in [7, 11) is 1.24. The average molecular weight is 562 g/mol. The quantitative estimate of drug-likeness (QED) is 0.283. The Morgan fingerprint density at radius 1 is 0.825 bits per heavy atom. The number of esters is 2. The van der Waals surface area contributed by atoms with Crippen LogP contribution in [0.5, 0.6) is 0 Å². The van der Waals surface area contributed by atoms with Crippen LogP contribution in [0.25, 0.3) is 0 Å². The highest BCUT2D eigenvalue weighted by Crippen LogP contribution is 2.30. The van der Waals surface area contributed by atoms with Crippen molar-refractivity contribution in [3.63, 3.8) is 0 Å². The molecule has 0 unspecified atom stereocenters. The van der Waals surface area contributed by atoms with Crippen molar-refractivity contribution in [3.8, 4) is 0 Å². The molecule has 0 aliphatic carbocycles. The second-order valence-corrected chi connectivity index (χ2v) is 8.93. The molecule has 0 saturated carbocycles. The Morgan fingerprint density at radius 3 is 2.15 bits per heavy atom. The zero-order valence-corrected chi connectivity index (χ0v) is 22.3. The lowest BCUT2D eigenvalue weighted by Gasteiger charge is -2.15. The molecule has 0 bridgehead atoms. The van der Waals surface area contributed by atoms with Crippen molar-refractivity contribution < 1.29 is 33.4 Å². The highest BCUT2D eigenvalue weighted by atomic mass is 35.5. The van der Waals surface area contributed by atoms with Crippen molar-refractivity contribution in [2.24, 2.45) is 0 Å². The average Bonchev–Trinajstić information content (AvgIpc) is 3.18. The van der Waals surface area contributed by atoms with Gasteiger partial charge in [0, 0.05) is 16.9 Å². The Morgan fingerprint density at radius 2 is 1.48 bits per heavy atom. The summed E-state index contributed by atoms with van der Waals surface area (Å²) in [6.07, 6.45) is 0.691. The maximum Gasteiger partial charge on any atom is 0.338 e. The predicted octanol–water partition coefficient (Wildman–Crippen LogP) is 4.73. The van der Waals surface area contributed by atoms with Crippen molar-refractivity contribution in [1.82, 2.24) is 0 Å². The van der Waals surface area contributed by atoms with Gasteiger partial charge < -0.3 is 20.1 Å². The summed E-state index contributed by atoms with van der Waals surface area (Å²) in [5.74, 6) is -2.97. The van der Waals surface area contributed by atoms with Gasteiger partial charge in [-0.15, -0.1) is 0 Å². The number of anilines is 3. The number of amides is 3. The molecule has 0 saturated heterocycles. The predicted molar refractivity (Wildman–Crippen MR) is 148 cm³/mol. The lowest BCUT2D eigenvalue weighted by atomic mass is 10.1. The Bertz CT molecular complexity index is 1530. The zero-order valence-electron chi connectivity index (χ0n) is 21.5. The zero-order chi connectivity index (χ0) is 28.8. The molecule has 2 N–H and O–H groups in total. The molecule has 4 rings (SSSR count). The molecule has 3 amide bonds. The van der Waals surface area contributed by atoms with E-state index < -0.39 is 29.7 Å². The first kappa shape index (κ1) is 28.1. The molecule has 11 heteroatoms. The van der Waals surface area contributed by atoms with Gasteiger partial charge in [0.1, 0.15) is 10.7 Å². The molecule has 0 aromatic heterocycles. The van der Waals surface area contributed by atoms with Gasteiger partial charge in [0.2, 0.25) is 0 Å². The minimum Gasteiger partial charge on any atom is -0.465 e. The van der Waals surface area contributed by atoms with Crippen molar-refractivity contribution in [3.05, 3.63) is 100 Å². The summed E-state index contributed by atoms with van der Waals surface area (Å²) < 4.78 is 9.79. The number of methoxy groups -OCH3 is 1. The summed E-state index contributed by atoms with van der Waals surface area (Å²) in [6.45, 7) is 2.18. The van der Waals surface area contributed by atoms with E-state index in [-0.39, 0.29) is 27.5 Å². The molecule has 0 radical (unpaired) electrons. The van der Waals surface area contributed by atoms with E-state index in [9.17, 15) is 24.0 Å². The SMILES string of the molecule is CCCOC(=O)c1cccc(NC(=O)c2cccc(NC3=C(Cl)C(=O)N(c4ccc(C(=O)OC)cc4)C3=O)c2)c1. The molecule has 1 heterocycles. The molecule has 10 nitrogen and oxygen atoms in total. The number of ether oxygens (including phenoxy) is 2. The van der Waals surface area contributed by atoms with E-state index in [1.807, 2.05) is 6.92 Å². The second-order valence-electron chi connectivity index (χ2n) is 8.55. The first-order valence-corrected chi connectivity index (χ1v) is 12.5.